The summed E-state index contributed by atoms with van der Waals surface area (Å²) in [6, 6.07) is 10.6. The molecule has 0 aliphatic rings. The fraction of sp³-hybridized carbons (Fsp3) is 0.538. The molecule has 0 N–H and O–H groups in total. The van der Waals surface area contributed by atoms with Gasteiger partial charge < -0.3 is 4.43 Å². The number of hydrogen-bond donors (Lipinski definition) is 0. The summed E-state index contributed by atoms with van der Waals surface area (Å²) in [4.78, 5) is 0. The zero-order valence-electron chi connectivity index (χ0n) is 10.1. The third-order valence-corrected chi connectivity index (χ3v) is 3.99. The van der Waals surface area contributed by atoms with Gasteiger partial charge in [-0.2, -0.15) is 0 Å². The monoisotopic (exact) mass is 222 g/mol. The lowest BCUT2D eigenvalue weighted by Crippen LogP contribution is -2.24. The Balaban J connectivity index is 2.67. The minimum atomic E-state index is -0.0529. The van der Waals surface area contributed by atoms with Crippen LogP contribution in [-0.2, 0) is 10.0 Å². The van der Waals surface area contributed by atoms with E-state index >= 15 is 0 Å². The Morgan fingerprint density at radius 3 is 2.40 bits per heavy atom. The lowest BCUT2D eigenvalue weighted by atomic mass is 9.90. The molecular weight excluding hydrogens is 200 g/mol. The van der Waals surface area contributed by atoms with E-state index in [1.165, 1.54) is 24.8 Å². The van der Waals surface area contributed by atoms with Gasteiger partial charge in [-0.25, -0.2) is 0 Å². The molecule has 0 aliphatic carbocycles. The Labute approximate surface area is 96.4 Å². The minimum Gasteiger partial charge on any atom is -0.419 e. The molecule has 0 amide bonds. The van der Waals surface area contributed by atoms with Crippen LogP contribution in [0.15, 0.2) is 30.3 Å². The Kier molecular flexibility index (Phi) is 5.06. The van der Waals surface area contributed by atoms with E-state index in [0.29, 0.717) is 0 Å². The molecule has 0 spiro atoms. The standard InChI is InChI=1S/C13H22OSi/c1-3-4-8-11-13(2,14-15)12-9-6-5-7-10-12/h5-7,9-10H,3-4,8,11H2,1-2,15H3. The van der Waals surface area contributed by atoms with Crippen molar-refractivity contribution in [3.63, 3.8) is 0 Å². The van der Waals surface area contributed by atoms with Gasteiger partial charge in [-0.05, 0) is 18.9 Å². The molecule has 2 heteroatoms. The first-order valence-corrected chi connectivity index (χ1v) is 6.65. The molecule has 1 aromatic carbocycles. The first-order valence-electron chi connectivity index (χ1n) is 5.83. The molecule has 1 unspecified atom stereocenters. The van der Waals surface area contributed by atoms with Gasteiger partial charge in [0.2, 0.25) is 0 Å². The number of benzene rings is 1. The summed E-state index contributed by atoms with van der Waals surface area (Å²) in [5.41, 5.74) is 1.26. The molecule has 1 aromatic rings. The Morgan fingerprint density at radius 2 is 1.87 bits per heavy atom. The maximum absolute atomic E-state index is 5.81. The lowest BCUT2D eigenvalue weighted by Gasteiger charge is -2.29. The van der Waals surface area contributed by atoms with E-state index in [1.807, 2.05) is 0 Å². The van der Waals surface area contributed by atoms with Crippen LogP contribution in [0, 0.1) is 0 Å². The first kappa shape index (κ1) is 12.5. The van der Waals surface area contributed by atoms with Gasteiger partial charge in [0, 0.05) is 0 Å². The SMILES string of the molecule is CCCCCC(C)(O[SiH3])c1ccccc1. The summed E-state index contributed by atoms with van der Waals surface area (Å²) in [6.45, 7) is 4.45. The van der Waals surface area contributed by atoms with Crippen molar-refractivity contribution in [1.82, 2.24) is 0 Å². The van der Waals surface area contributed by atoms with Gasteiger partial charge in [0.05, 0.1) is 5.60 Å². The highest BCUT2D eigenvalue weighted by Crippen LogP contribution is 2.29. The van der Waals surface area contributed by atoms with Crippen LogP contribution in [0.5, 0.6) is 0 Å². The summed E-state index contributed by atoms with van der Waals surface area (Å²) < 4.78 is 5.81. The first-order chi connectivity index (χ1) is 7.23. The van der Waals surface area contributed by atoms with Gasteiger partial charge in [0.1, 0.15) is 10.5 Å². The Morgan fingerprint density at radius 1 is 1.20 bits per heavy atom. The van der Waals surface area contributed by atoms with Crippen LogP contribution in [0.2, 0.25) is 0 Å². The molecule has 1 atom stereocenters. The topological polar surface area (TPSA) is 9.23 Å². The van der Waals surface area contributed by atoms with Gasteiger partial charge in [-0.1, -0.05) is 56.5 Å². The van der Waals surface area contributed by atoms with Gasteiger partial charge >= 0.3 is 0 Å². The van der Waals surface area contributed by atoms with Crippen LogP contribution < -0.4 is 0 Å². The predicted molar refractivity (Wildman–Crippen MR) is 69.0 cm³/mol. The van der Waals surface area contributed by atoms with E-state index in [-0.39, 0.29) is 5.60 Å². The average molecular weight is 222 g/mol. The van der Waals surface area contributed by atoms with Crippen molar-refractivity contribution in [2.75, 3.05) is 0 Å². The van der Waals surface area contributed by atoms with Crippen LogP contribution in [0.25, 0.3) is 0 Å². The van der Waals surface area contributed by atoms with Gasteiger partial charge in [-0.15, -0.1) is 0 Å². The largest absolute Gasteiger partial charge is 0.419 e. The molecule has 0 saturated carbocycles. The van der Waals surface area contributed by atoms with E-state index in [0.717, 1.165) is 16.9 Å². The fourth-order valence-electron chi connectivity index (χ4n) is 1.87. The molecule has 0 aromatic heterocycles. The Hall–Kier alpha value is -0.603. The van der Waals surface area contributed by atoms with Crippen LogP contribution in [-0.4, -0.2) is 10.5 Å². The van der Waals surface area contributed by atoms with Crippen molar-refractivity contribution in [3.8, 4) is 0 Å². The summed E-state index contributed by atoms with van der Waals surface area (Å²) in [5.74, 6) is 0. The molecule has 0 saturated heterocycles. The van der Waals surface area contributed by atoms with E-state index in [4.69, 9.17) is 4.43 Å². The predicted octanol–water partition coefficient (Wildman–Crippen LogP) is 2.78. The summed E-state index contributed by atoms with van der Waals surface area (Å²) in [7, 11) is 0.800. The van der Waals surface area contributed by atoms with Crippen molar-refractivity contribution in [2.45, 2.75) is 45.1 Å². The van der Waals surface area contributed by atoms with E-state index in [2.05, 4.69) is 44.2 Å². The smallest absolute Gasteiger partial charge is 0.147 e. The van der Waals surface area contributed by atoms with Crippen LogP contribution in [0.1, 0.15) is 45.1 Å². The molecule has 1 nitrogen and oxygen atoms in total. The highest BCUT2D eigenvalue weighted by atomic mass is 28.2. The second kappa shape index (κ2) is 6.08. The highest BCUT2D eigenvalue weighted by molar-refractivity contribution is 5.98. The normalized spacial score (nSPS) is 15.1. The highest BCUT2D eigenvalue weighted by Gasteiger charge is 2.24. The molecule has 0 heterocycles. The van der Waals surface area contributed by atoms with Gasteiger partial charge in [0.25, 0.3) is 0 Å². The van der Waals surface area contributed by atoms with Crippen LogP contribution in [0.3, 0.4) is 0 Å². The zero-order chi connectivity index (χ0) is 11.1. The summed E-state index contributed by atoms with van der Waals surface area (Å²) >= 11 is 0. The van der Waals surface area contributed by atoms with E-state index in [1.54, 1.807) is 0 Å². The Bertz CT molecular complexity index is 273. The van der Waals surface area contributed by atoms with Crippen molar-refractivity contribution in [1.29, 1.82) is 0 Å². The van der Waals surface area contributed by atoms with Crippen molar-refractivity contribution >= 4 is 10.5 Å². The molecule has 0 bridgehead atoms. The van der Waals surface area contributed by atoms with Gasteiger partial charge in [0.15, 0.2) is 0 Å². The van der Waals surface area contributed by atoms with E-state index in [9.17, 15) is 0 Å². The zero-order valence-corrected chi connectivity index (χ0v) is 12.1. The summed E-state index contributed by atoms with van der Waals surface area (Å²) in [6.07, 6.45) is 4.96. The van der Waals surface area contributed by atoms with Gasteiger partial charge in [-0.3, -0.25) is 0 Å². The molecule has 0 fully saturated rings. The second-order valence-electron chi connectivity index (χ2n) is 4.26. The van der Waals surface area contributed by atoms with Crippen LogP contribution in [0.4, 0.5) is 0 Å². The minimum absolute atomic E-state index is 0.0529. The average Bonchev–Trinajstić information content (AvgIpc) is 2.30. The second-order valence-corrected chi connectivity index (χ2v) is 4.67. The molecule has 0 radical (unpaired) electrons. The number of hydrogen-bond acceptors (Lipinski definition) is 1. The molecule has 15 heavy (non-hydrogen) atoms. The number of rotatable bonds is 6. The molecular formula is C13H22OSi. The lowest BCUT2D eigenvalue weighted by molar-refractivity contribution is 0.0859. The third-order valence-electron chi connectivity index (χ3n) is 3.09. The molecule has 84 valence electrons. The van der Waals surface area contributed by atoms with E-state index < -0.39 is 0 Å². The maximum atomic E-state index is 5.81. The van der Waals surface area contributed by atoms with Crippen molar-refractivity contribution in [2.24, 2.45) is 0 Å². The molecule has 0 aliphatic heterocycles. The van der Waals surface area contributed by atoms with Crippen LogP contribution >= 0.6 is 0 Å². The van der Waals surface area contributed by atoms with Crippen molar-refractivity contribution in [3.05, 3.63) is 35.9 Å². The third kappa shape index (κ3) is 3.47. The number of unbranched alkanes of at least 4 members (excludes halogenated alkanes) is 2. The van der Waals surface area contributed by atoms with Crippen molar-refractivity contribution < 1.29 is 4.43 Å². The maximum Gasteiger partial charge on any atom is 0.147 e. The quantitative estimate of drug-likeness (QED) is 0.531. The fourth-order valence-corrected chi connectivity index (χ4v) is 2.31. The summed E-state index contributed by atoms with van der Waals surface area (Å²) in [5, 5.41) is 0. The molecule has 1 rings (SSSR count).